The molecule has 40 heavy (non-hydrogen) atoms. The van der Waals surface area contributed by atoms with E-state index >= 15 is 0 Å². The van der Waals surface area contributed by atoms with Crippen LogP contribution in [0.4, 0.5) is 0 Å². The summed E-state index contributed by atoms with van der Waals surface area (Å²) in [4.78, 5) is 9.63. The van der Waals surface area contributed by atoms with Gasteiger partial charge in [-0.2, -0.15) is 0 Å². The Morgan fingerprint density at radius 3 is 2.40 bits per heavy atom. The Hall–Kier alpha value is -4.44. The van der Waals surface area contributed by atoms with E-state index in [2.05, 4.69) is 57.6 Å². The molecule has 1 saturated heterocycles. The standard InChI is InChI=1S/C31H27N7O2/c1-37-16-26(33-19-37)29-36-35-28-24-15-23(20-5-3-2-4-6-20)27(34-25(24)11-12-38(28)29)21-7-9-22(10-8-21)30(32)17-31(18-30)39-13-14-40-31/h2-12,15-16,19H,13-14,17-18,32H2,1H3. The number of hydrogen-bond acceptors (Lipinski definition) is 7. The van der Waals surface area contributed by atoms with Crippen molar-refractivity contribution in [3.05, 3.63) is 91.0 Å². The summed E-state index contributed by atoms with van der Waals surface area (Å²) >= 11 is 0. The molecule has 0 bridgehead atoms. The van der Waals surface area contributed by atoms with Crippen molar-refractivity contribution in [2.24, 2.45) is 12.8 Å². The molecule has 0 radical (unpaired) electrons. The van der Waals surface area contributed by atoms with Gasteiger partial charge in [-0.15, -0.1) is 10.2 Å². The number of ether oxygens (including phenoxy) is 2. The van der Waals surface area contributed by atoms with Crippen LogP contribution in [0, 0.1) is 0 Å². The predicted octanol–water partition coefficient (Wildman–Crippen LogP) is 4.70. The number of hydrogen-bond donors (Lipinski definition) is 1. The summed E-state index contributed by atoms with van der Waals surface area (Å²) in [6, 6.07) is 22.9. The minimum Gasteiger partial charge on any atom is -0.347 e. The van der Waals surface area contributed by atoms with Crippen LogP contribution < -0.4 is 5.73 Å². The summed E-state index contributed by atoms with van der Waals surface area (Å²) in [5.41, 5.74) is 13.8. The van der Waals surface area contributed by atoms with Crippen LogP contribution in [0.3, 0.4) is 0 Å². The molecule has 2 aliphatic rings. The average Bonchev–Trinajstić information content (AvgIpc) is 3.72. The van der Waals surface area contributed by atoms with Crippen molar-refractivity contribution >= 4 is 16.6 Å². The number of pyridine rings is 2. The molecule has 2 aromatic carbocycles. The lowest BCUT2D eigenvalue weighted by Crippen LogP contribution is -2.60. The number of imidazole rings is 1. The van der Waals surface area contributed by atoms with Gasteiger partial charge >= 0.3 is 0 Å². The first-order valence-electron chi connectivity index (χ1n) is 13.4. The van der Waals surface area contributed by atoms with Gasteiger partial charge in [0.1, 0.15) is 5.69 Å². The first kappa shape index (κ1) is 23.4. The van der Waals surface area contributed by atoms with Crippen molar-refractivity contribution in [2.75, 3.05) is 13.2 Å². The third-order valence-electron chi connectivity index (χ3n) is 8.11. The molecule has 198 valence electrons. The lowest BCUT2D eigenvalue weighted by molar-refractivity contribution is -0.239. The van der Waals surface area contributed by atoms with Gasteiger partial charge in [0.25, 0.3) is 0 Å². The number of aryl methyl sites for hydroxylation is 1. The van der Waals surface area contributed by atoms with Gasteiger partial charge in [-0.05, 0) is 23.3 Å². The van der Waals surface area contributed by atoms with Crippen molar-refractivity contribution in [1.82, 2.24) is 29.1 Å². The molecule has 0 unspecified atom stereocenters. The van der Waals surface area contributed by atoms with Gasteiger partial charge in [-0.1, -0.05) is 54.6 Å². The van der Waals surface area contributed by atoms with Crippen molar-refractivity contribution < 1.29 is 9.47 Å². The molecule has 4 aromatic heterocycles. The van der Waals surface area contributed by atoms with E-state index in [1.807, 2.05) is 52.7 Å². The molecule has 9 heteroatoms. The lowest BCUT2D eigenvalue weighted by atomic mass is 9.68. The second-order valence-electron chi connectivity index (χ2n) is 10.8. The Morgan fingerprint density at radius 2 is 1.68 bits per heavy atom. The average molecular weight is 530 g/mol. The maximum atomic E-state index is 6.76. The molecule has 1 spiro atoms. The summed E-state index contributed by atoms with van der Waals surface area (Å²) in [6.07, 6.45) is 6.98. The van der Waals surface area contributed by atoms with E-state index in [1.54, 1.807) is 6.33 Å². The largest absolute Gasteiger partial charge is 0.347 e. The number of fused-ring (bicyclic) bond motifs is 3. The van der Waals surface area contributed by atoms with Gasteiger partial charge in [0.2, 0.25) is 0 Å². The Balaban J connectivity index is 1.24. The van der Waals surface area contributed by atoms with E-state index in [1.165, 1.54) is 0 Å². The maximum Gasteiger partial charge on any atom is 0.188 e. The molecule has 5 heterocycles. The zero-order valence-corrected chi connectivity index (χ0v) is 22.0. The minimum atomic E-state index is -0.503. The molecule has 1 aliphatic carbocycles. The van der Waals surface area contributed by atoms with Crippen molar-refractivity contribution in [3.8, 4) is 33.9 Å². The van der Waals surface area contributed by atoms with Crippen molar-refractivity contribution in [3.63, 3.8) is 0 Å². The smallest absolute Gasteiger partial charge is 0.188 e. The molecule has 2 fully saturated rings. The maximum absolute atomic E-state index is 6.76. The van der Waals surface area contributed by atoms with Gasteiger partial charge in [0, 0.05) is 48.8 Å². The van der Waals surface area contributed by atoms with E-state index in [9.17, 15) is 0 Å². The van der Waals surface area contributed by atoms with Gasteiger partial charge in [-0.25, -0.2) is 9.97 Å². The highest BCUT2D eigenvalue weighted by Gasteiger charge is 2.57. The Kier molecular flexibility index (Phi) is 5.00. The minimum absolute atomic E-state index is 0.452. The molecule has 2 N–H and O–H groups in total. The molecule has 8 rings (SSSR count). The summed E-state index contributed by atoms with van der Waals surface area (Å²) in [6.45, 7) is 1.27. The number of aromatic nitrogens is 6. The zero-order valence-electron chi connectivity index (χ0n) is 22.0. The Morgan fingerprint density at radius 1 is 0.900 bits per heavy atom. The summed E-state index contributed by atoms with van der Waals surface area (Å²) < 4.78 is 15.5. The van der Waals surface area contributed by atoms with Gasteiger partial charge in [0.05, 0.1) is 36.3 Å². The monoisotopic (exact) mass is 529 g/mol. The van der Waals surface area contributed by atoms with Crippen molar-refractivity contribution in [2.45, 2.75) is 24.2 Å². The lowest BCUT2D eigenvalue weighted by Gasteiger charge is -2.50. The molecule has 1 saturated carbocycles. The van der Waals surface area contributed by atoms with E-state index in [0.717, 1.165) is 50.2 Å². The number of benzene rings is 2. The Labute approximate surface area is 230 Å². The highest BCUT2D eigenvalue weighted by atomic mass is 16.7. The molecular formula is C31H27N7O2. The zero-order chi connectivity index (χ0) is 26.9. The second kappa shape index (κ2) is 8.53. The SMILES string of the molecule is Cn1cnc(-c2nnc3c4cc(-c5ccccc5)c(-c5ccc(C6(N)CC7(C6)OCCO7)cc5)nc4ccn23)c1. The summed E-state index contributed by atoms with van der Waals surface area (Å²) in [7, 11) is 1.94. The molecule has 0 atom stereocenters. The fourth-order valence-corrected chi connectivity index (χ4v) is 6.13. The molecule has 9 nitrogen and oxygen atoms in total. The van der Waals surface area contributed by atoms with Crippen LogP contribution in [0.5, 0.6) is 0 Å². The quantitative estimate of drug-likeness (QED) is 0.353. The highest BCUT2D eigenvalue weighted by Crippen LogP contribution is 2.51. The van der Waals surface area contributed by atoms with Crippen LogP contribution in [-0.2, 0) is 22.1 Å². The number of nitrogens with two attached hydrogens (primary N) is 1. The van der Waals surface area contributed by atoms with Gasteiger partial charge in [-0.3, -0.25) is 4.40 Å². The van der Waals surface area contributed by atoms with Crippen molar-refractivity contribution in [1.29, 1.82) is 0 Å². The van der Waals surface area contributed by atoms with Crippen LogP contribution in [0.25, 0.3) is 50.5 Å². The molecular weight excluding hydrogens is 502 g/mol. The fraction of sp³-hybridized carbons (Fsp3) is 0.226. The first-order valence-corrected chi connectivity index (χ1v) is 13.4. The topological polar surface area (TPSA) is 105 Å². The number of rotatable bonds is 4. The Bertz CT molecular complexity index is 1880. The molecule has 1 aliphatic heterocycles. The second-order valence-corrected chi connectivity index (χ2v) is 10.8. The van der Waals surface area contributed by atoms with E-state index < -0.39 is 11.3 Å². The van der Waals surface area contributed by atoms with Crippen LogP contribution in [0.1, 0.15) is 18.4 Å². The van der Waals surface area contributed by atoms with E-state index in [0.29, 0.717) is 31.9 Å². The van der Waals surface area contributed by atoms with Gasteiger partial charge < -0.3 is 19.8 Å². The predicted molar refractivity (Wildman–Crippen MR) is 151 cm³/mol. The van der Waals surface area contributed by atoms with Crippen LogP contribution in [-0.4, -0.2) is 48.1 Å². The third kappa shape index (κ3) is 3.59. The van der Waals surface area contributed by atoms with Crippen LogP contribution in [0.15, 0.2) is 85.5 Å². The summed E-state index contributed by atoms with van der Waals surface area (Å²) in [5.74, 6) is 0.192. The first-order chi connectivity index (χ1) is 19.5. The molecule has 6 aromatic rings. The van der Waals surface area contributed by atoms with Crippen LogP contribution in [0.2, 0.25) is 0 Å². The summed E-state index contributed by atoms with van der Waals surface area (Å²) in [5, 5.41) is 9.93. The highest BCUT2D eigenvalue weighted by molar-refractivity contribution is 5.98. The van der Waals surface area contributed by atoms with Gasteiger partial charge in [0.15, 0.2) is 17.3 Å². The third-order valence-corrected chi connectivity index (χ3v) is 8.11. The molecule has 0 amide bonds. The fourth-order valence-electron chi connectivity index (χ4n) is 6.13. The van der Waals surface area contributed by atoms with E-state index in [-0.39, 0.29) is 0 Å². The van der Waals surface area contributed by atoms with E-state index in [4.69, 9.17) is 20.2 Å². The van der Waals surface area contributed by atoms with Crippen LogP contribution >= 0.6 is 0 Å². The number of nitrogens with zero attached hydrogens (tertiary/aromatic N) is 6. The normalized spacial score (nSPS) is 17.6.